The molecule has 0 radical (unpaired) electrons. The quantitative estimate of drug-likeness (QED) is 0.794. The van der Waals surface area contributed by atoms with Gasteiger partial charge >= 0.3 is 0 Å². The minimum absolute atomic E-state index is 0.129. The first-order valence-electron chi connectivity index (χ1n) is 8.43. The maximum Gasteiger partial charge on any atom is 0.265 e. The molecule has 2 heterocycles. The standard InChI is InChI=1S/C18H25FN4O/c1-12-4-5-16(20-2)18(15(19)6-12)21-7-17(24)23-10-13-8-22(3)9-14(13)11-23/h4-7,13-14,16,20H,8-11H2,1-3H3. The molecule has 0 saturated carbocycles. The molecule has 0 aromatic carbocycles. The predicted molar refractivity (Wildman–Crippen MR) is 93.4 cm³/mol. The van der Waals surface area contributed by atoms with Gasteiger partial charge in [0.15, 0.2) is 0 Å². The second kappa shape index (κ2) is 6.99. The van der Waals surface area contributed by atoms with E-state index < -0.39 is 5.83 Å². The van der Waals surface area contributed by atoms with Crippen LogP contribution in [-0.2, 0) is 4.79 Å². The van der Waals surface area contributed by atoms with Crippen molar-refractivity contribution < 1.29 is 9.18 Å². The van der Waals surface area contributed by atoms with Crippen LogP contribution in [0, 0.1) is 11.8 Å². The van der Waals surface area contributed by atoms with Crippen LogP contribution < -0.4 is 5.32 Å². The van der Waals surface area contributed by atoms with Crippen LogP contribution in [-0.4, -0.2) is 68.2 Å². The number of aliphatic imine (C=N–C) groups is 1. The summed E-state index contributed by atoms with van der Waals surface area (Å²) in [5, 5.41) is 3.01. The van der Waals surface area contributed by atoms with Gasteiger partial charge < -0.3 is 15.1 Å². The molecule has 3 unspecified atom stereocenters. The van der Waals surface area contributed by atoms with E-state index in [0.29, 0.717) is 11.8 Å². The molecule has 24 heavy (non-hydrogen) atoms. The lowest BCUT2D eigenvalue weighted by Crippen LogP contribution is -2.33. The lowest BCUT2D eigenvalue weighted by atomic mass is 10.0. The van der Waals surface area contributed by atoms with E-state index in [1.165, 1.54) is 12.3 Å². The van der Waals surface area contributed by atoms with Gasteiger partial charge in [-0.25, -0.2) is 4.39 Å². The van der Waals surface area contributed by atoms with Gasteiger partial charge in [0.05, 0.1) is 18.0 Å². The minimum atomic E-state index is -0.402. The summed E-state index contributed by atoms with van der Waals surface area (Å²) in [6.07, 6.45) is 6.42. The average Bonchev–Trinajstić information content (AvgIpc) is 3.02. The van der Waals surface area contributed by atoms with Gasteiger partial charge in [-0.1, -0.05) is 12.2 Å². The zero-order valence-electron chi connectivity index (χ0n) is 14.5. The molecule has 0 spiro atoms. The second-order valence-corrected chi connectivity index (χ2v) is 6.99. The third-order valence-electron chi connectivity index (χ3n) is 5.05. The predicted octanol–water partition coefficient (Wildman–Crippen LogP) is 1.36. The summed E-state index contributed by atoms with van der Waals surface area (Å²) in [4.78, 5) is 20.8. The van der Waals surface area contributed by atoms with Crippen molar-refractivity contribution in [2.75, 3.05) is 40.3 Å². The summed E-state index contributed by atoms with van der Waals surface area (Å²) in [5.41, 5.74) is 1.07. The van der Waals surface area contributed by atoms with Gasteiger partial charge in [-0.15, -0.1) is 0 Å². The second-order valence-electron chi connectivity index (χ2n) is 6.99. The molecule has 3 atom stereocenters. The van der Waals surface area contributed by atoms with Crippen molar-refractivity contribution in [3.63, 3.8) is 0 Å². The summed E-state index contributed by atoms with van der Waals surface area (Å²) >= 11 is 0. The molecule has 1 N–H and O–H groups in total. The van der Waals surface area contributed by atoms with Crippen LogP contribution in [0.4, 0.5) is 4.39 Å². The number of hydrogen-bond acceptors (Lipinski definition) is 4. The fourth-order valence-electron chi connectivity index (χ4n) is 3.80. The van der Waals surface area contributed by atoms with Crippen molar-refractivity contribution >= 4 is 12.1 Å². The van der Waals surface area contributed by atoms with Crippen molar-refractivity contribution in [1.29, 1.82) is 0 Å². The number of carbonyl (C=O) groups is 1. The molecule has 3 rings (SSSR count). The molecule has 3 aliphatic rings. The van der Waals surface area contributed by atoms with Crippen molar-refractivity contribution in [3.05, 3.63) is 35.3 Å². The number of amides is 1. The molecule has 2 saturated heterocycles. The van der Waals surface area contributed by atoms with Crippen molar-refractivity contribution in [3.8, 4) is 0 Å². The molecule has 0 bridgehead atoms. The number of nitrogens with zero attached hydrogens (tertiary/aromatic N) is 3. The zero-order valence-corrected chi connectivity index (χ0v) is 14.5. The third-order valence-corrected chi connectivity index (χ3v) is 5.05. The lowest BCUT2D eigenvalue weighted by Gasteiger charge is -2.17. The molecule has 130 valence electrons. The van der Waals surface area contributed by atoms with Crippen molar-refractivity contribution in [2.45, 2.75) is 13.0 Å². The first-order chi connectivity index (χ1) is 11.5. The van der Waals surface area contributed by atoms with E-state index in [9.17, 15) is 9.18 Å². The van der Waals surface area contributed by atoms with E-state index in [-0.39, 0.29) is 17.6 Å². The van der Waals surface area contributed by atoms with Crippen LogP contribution in [0.15, 0.2) is 40.3 Å². The fourth-order valence-corrected chi connectivity index (χ4v) is 3.80. The van der Waals surface area contributed by atoms with Gasteiger partial charge in [0.2, 0.25) is 0 Å². The number of likely N-dealkylation sites (N-methyl/N-ethyl adjacent to an activating group) is 1. The fraction of sp³-hybridized carbons (Fsp3) is 0.556. The highest BCUT2D eigenvalue weighted by Crippen LogP contribution is 2.30. The SMILES string of the molecule is CNC1C=CC(C)=CC(F)=C1N=CC(=O)N1CC2CN(C)CC2C1. The first kappa shape index (κ1) is 17.0. The molecule has 5 nitrogen and oxygen atoms in total. The Morgan fingerprint density at radius 1 is 1.33 bits per heavy atom. The van der Waals surface area contributed by atoms with E-state index >= 15 is 0 Å². The average molecular weight is 332 g/mol. The van der Waals surface area contributed by atoms with Crippen LogP contribution in [0.1, 0.15) is 6.92 Å². The van der Waals surface area contributed by atoms with Gasteiger partial charge in [0, 0.05) is 26.2 Å². The highest BCUT2D eigenvalue weighted by molar-refractivity contribution is 6.26. The maximum atomic E-state index is 14.3. The Labute approximate surface area is 142 Å². The monoisotopic (exact) mass is 332 g/mol. The Bertz CT molecular complexity index is 623. The van der Waals surface area contributed by atoms with Crippen LogP contribution in [0.5, 0.6) is 0 Å². The smallest absolute Gasteiger partial charge is 0.265 e. The molecule has 0 aromatic heterocycles. The Morgan fingerprint density at radius 3 is 2.62 bits per heavy atom. The number of likely N-dealkylation sites (tertiary alicyclic amines) is 2. The topological polar surface area (TPSA) is 47.9 Å². The number of fused-ring (bicyclic) bond motifs is 1. The van der Waals surface area contributed by atoms with E-state index in [1.54, 1.807) is 7.05 Å². The summed E-state index contributed by atoms with van der Waals surface area (Å²) in [5.74, 6) is 0.580. The van der Waals surface area contributed by atoms with Crippen LogP contribution >= 0.6 is 0 Å². The lowest BCUT2D eigenvalue weighted by molar-refractivity contribution is -0.123. The number of hydrogen-bond donors (Lipinski definition) is 1. The molecule has 0 aromatic rings. The van der Waals surface area contributed by atoms with Gasteiger partial charge in [-0.2, -0.15) is 0 Å². The van der Waals surface area contributed by atoms with Gasteiger partial charge in [0.1, 0.15) is 5.83 Å². The molecule has 2 fully saturated rings. The number of halogens is 1. The normalized spacial score (nSPS) is 30.9. The van der Waals surface area contributed by atoms with Gasteiger partial charge in [0.25, 0.3) is 5.91 Å². The number of nitrogens with one attached hydrogen (secondary N) is 1. The van der Waals surface area contributed by atoms with Crippen molar-refractivity contribution in [2.24, 2.45) is 16.8 Å². The summed E-state index contributed by atoms with van der Waals surface area (Å²) < 4.78 is 14.3. The molecular weight excluding hydrogens is 307 g/mol. The number of carbonyl (C=O) groups excluding carboxylic acids is 1. The highest BCUT2D eigenvalue weighted by Gasteiger charge is 2.39. The zero-order chi connectivity index (χ0) is 17.3. The van der Waals surface area contributed by atoms with Crippen LogP contribution in [0.25, 0.3) is 0 Å². The number of allylic oxidation sites excluding steroid dienone is 4. The Kier molecular flexibility index (Phi) is 4.96. The van der Waals surface area contributed by atoms with E-state index in [4.69, 9.17) is 0 Å². The Balaban J connectivity index is 1.69. The Morgan fingerprint density at radius 2 is 2.00 bits per heavy atom. The molecular formula is C18H25FN4O. The van der Waals surface area contributed by atoms with Crippen LogP contribution in [0.3, 0.4) is 0 Å². The molecule has 1 amide bonds. The first-order valence-corrected chi connectivity index (χ1v) is 8.43. The van der Waals surface area contributed by atoms with Gasteiger partial charge in [-0.3, -0.25) is 9.79 Å². The van der Waals surface area contributed by atoms with E-state index in [1.807, 2.05) is 24.0 Å². The van der Waals surface area contributed by atoms with Crippen molar-refractivity contribution in [1.82, 2.24) is 15.1 Å². The largest absolute Gasteiger partial charge is 0.337 e. The number of rotatable bonds is 3. The minimum Gasteiger partial charge on any atom is -0.337 e. The highest BCUT2D eigenvalue weighted by atomic mass is 19.1. The van der Waals surface area contributed by atoms with Crippen LogP contribution in [0.2, 0.25) is 0 Å². The summed E-state index contributed by atoms with van der Waals surface area (Å²) in [6.45, 7) is 5.47. The molecule has 2 aliphatic heterocycles. The van der Waals surface area contributed by atoms with E-state index in [2.05, 4.69) is 22.3 Å². The van der Waals surface area contributed by atoms with Gasteiger partial charge in [-0.05, 0) is 44.5 Å². The third kappa shape index (κ3) is 3.49. The van der Waals surface area contributed by atoms with E-state index in [0.717, 1.165) is 31.8 Å². The summed E-state index contributed by atoms with van der Waals surface area (Å²) in [7, 11) is 3.87. The molecule has 6 heteroatoms. The maximum absolute atomic E-state index is 14.3. The Hall–Kier alpha value is -1.79. The molecule has 1 aliphatic carbocycles. The summed E-state index contributed by atoms with van der Waals surface area (Å²) in [6, 6.07) is -0.339.